The van der Waals surface area contributed by atoms with Crippen molar-refractivity contribution in [1.29, 1.82) is 0 Å². The molecule has 1 aliphatic carbocycles. The summed E-state index contributed by atoms with van der Waals surface area (Å²) < 4.78 is 0. The standard InChI is InChI=1S/C19H29Br/c1-5-14-8-11-18(20)16(12-14)13-15-6-9-17(10-7-15)19(2,3)4/h6-7,9-10,14,16,18H,5,8,11-13H2,1-4H3. The van der Waals surface area contributed by atoms with Crippen molar-refractivity contribution in [3.05, 3.63) is 35.4 Å². The molecule has 3 unspecified atom stereocenters. The minimum absolute atomic E-state index is 0.259. The summed E-state index contributed by atoms with van der Waals surface area (Å²) in [5.74, 6) is 1.76. The van der Waals surface area contributed by atoms with Crippen LogP contribution in [0.5, 0.6) is 0 Å². The number of rotatable bonds is 3. The molecule has 0 N–H and O–H groups in total. The fourth-order valence-corrected chi connectivity index (χ4v) is 4.02. The molecule has 0 radical (unpaired) electrons. The Morgan fingerprint density at radius 2 is 1.75 bits per heavy atom. The van der Waals surface area contributed by atoms with Gasteiger partial charge in [0.2, 0.25) is 0 Å². The van der Waals surface area contributed by atoms with E-state index in [1.54, 1.807) is 0 Å². The number of halogens is 1. The van der Waals surface area contributed by atoms with Crippen molar-refractivity contribution in [1.82, 2.24) is 0 Å². The second kappa shape index (κ2) is 6.64. The topological polar surface area (TPSA) is 0 Å². The predicted octanol–water partition coefficient (Wildman–Crippen LogP) is 6.12. The third-order valence-corrected chi connectivity index (χ3v) is 6.10. The van der Waals surface area contributed by atoms with Crippen LogP contribution in [0, 0.1) is 11.8 Å². The van der Waals surface area contributed by atoms with E-state index in [1.807, 2.05) is 0 Å². The van der Waals surface area contributed by atoms with Crippen LogP contribution in [0.3, 0.4) is 0 Å². The van der Waals surface area contributed by atoms with Crippen molar-refractivity contribution in [3.8, 4) is 0 Å². The van der Waals surface area contributed by atoms with Crippen molar-refractivity contribution in [2.45, 2.75) is 70.0 Å². The van der Waals surface area contributed by atoms with Crippen LogP contribution in [0.15, 0.2) is 24.3 Å². The van der Waals surface area contributed by atoms with Crippen LogP contribution in [-0.4, -0.2) is 4.83 Å². The molecule has 0 bridgehead atoms. The first kappa shape index (κ1) is 16.1. The van der Waals surface area contributed by atoms with Gasteiger partial charge in [-0.2, -0.15) is 0 Å². The molecule has 1 aromatic carbocycles. The van der Waals surface area contributed by atoms with Gasteiger partial charge in [-0.1, -0.05) is 74.3 Å². The van der Waals surface area contributed by atoms with Gasteiger partial charge >= 0.3 is 0 Å². The number of benzene rings is 1. The van der Waals surface area contributed by atoms with Gasteiger partial charge in [0.1, 0.15) is 0 Å². The Morgan fingerprint density at radius 1 is 1.10 bits per heavy atom. The SMILES string of the molecule is CCC1CCC(Br)C(Cc2ccc(C(C)(C)C)cc2)C1. The van der Waals surface area contributed by atoms with Crippen LogP contribution in [0.2, 0.25) is 0 Å². The highest BCUT2D eigenvalue weighted by atomic mass is 79.9. The van der Waals surface area contributed by atoms with Crippen LogP contribution in [0.1, 0.15) is 64.5 Å². The second-order valence-corrected chi connectivity index (χ2v) is 8.69. The van der Waals surface area contributed by atoms with Gasteiger partial charge in [-0.15, -0.1) is 0 Å². The molecule has 0 spiro atoms. The Kier molecular flexibility index (Phi) is 5.34. The highest BCUT2D eigenvalue weighted by molar-refractivity contribution is 9.09. The van der Waals surface area contributed by atoms with E-state index in [9.17, 15) is 0 Å². The van der Waals surface area contributed by atoms with Crippen LogP contribution >= 0.6 is 15.9 Å². The molecule has 0 aliphatic heterocycles. The molecule has 0 aromatic heterocycles. The van der Waals surface area contributed by atoms with Crippen molar-refractivity contribution in [2.24, 2.45) is 11.8 Å². The summed E-state index contributed by atoms with van der Waals surface area (Å²) in [4.78, 5) is 0.715. The molecule has 112 valence electrons. The molecule has 3 atom stereocenters. The Bertz CT molecular complexity index is 412. The normalized spacial score (nSPS) is 27.6. The summed E-state index contributed by atoms with van der Waals surface area (Å²) in [6.45, 7) is 9.19. The van der Waals surface area contributed by atoms with E-state index < -0.39 is 0 Å². The molecule has 0 heterocycles. The Balaban J connectivity index is 2.02. The van der Waals surface area contributed by atoms with Gasteiger partial charge in [0, 0.05) is 4.83 Å². The molecule has 2 rings (SSSR count). The first-order valence-electron chi connectivity index (χ1n) is 8.13. The van der Waals surface area contributed by atoms with E-state index in [0.29, 0.717) is 4.83 Å². The zero-order valence-corrected chi connectivity index (χ0v) is 15.0. The molecular formula is C19H29Br. The highest BCUT2D eigenvalue weighted by Gasteiger charge is 2.28. The molecule has 0 nitrogen and oxygen atoms in total. The Morgan fingerprint density at radius 3 is 2.30 bits per heavy atom. The number of hydrogen-bond donors (Lipinski definition) is 0. The van der Waals surface area contributed by atoms with Crippen LogP contribution < -0.4 is 0 Å². The average Bonchev–Trinajstić information content (AvgIpc) is 2.41. The molecule has 20 heavy (non-hydrogen) atoms. The molecule has 1 aliphatic rings. The third-order valence-electron chi connectivity index (χ3n) is 4.89. The van der Waals surface area contributed by atoms with E-state index in [1.165, 1.54) is 43.2 Å². The average molecular weight is 337 g/mol. The van der Waals surface area contributed by atoms with E-state index in [2.05, 4.69) is 67.9 Å². The maximum absolute atomic E-state index is 3.92. The molecule has 0 saturated heterocycles. The lowest BCUT2D eigenvalue weighted by Crippen LogP contribution is -2.26. The highest BCUT2D eigenvalue weighted by Crippen LogP contribution is 2.37. The minimum Gasteiger partial charge on any atom is -0.0888 e. The molecule has 1 saturated carbocycles. The van der Waals surface area contributed by atoms with Gasteiger partial charge in [0.15, 0.2) is 0 Å². The largest absolute Gasteiger partial charge is 0.0888 e. The van der Waals surface area contributed by atoms with E-state index in [-0.39, 0.29) is 5.41 Å². The van der Waals surface area contributed by atoms with E-state index in [4.69, 9.17) is 0 Å². The van der Waals surface area contributed by atoms with Crippen molar-refractivity contribution >= 4 is 15.9 Å². The summed E-state index contributed by atoms with van der Waals surface area (Å²) in [5, 5.41) is 0. The Labute approximate surface area is 133 Å². The zero-order chi connectivity index (χ0) is 14.8. The van der Waals surface area contributed by atoms with Gasteiger partial charge < -0.3 is 0 Å². The predicted molar refractivity (Wildman–Crippen MR) is 92.7 cm³/mol. The maximum atomic E-state index is 3.92. The lowest BCUT2D eigenvalue weighted by atomic mass is 9.77. The fourth-order valence-electron chi connectivity index (χ4n) is 3.35. The summed E-state index contributed by atoms with van der Waals surface area (Å²) >= 11 is 3.92. The number of alkyl halides is 1. The third kappa shape index (κ3) is 4.10. The van der Waals surface area contributed by atoms with Gasteiger partial charge in [-0.05, 0) is 54.1 Å². The maximum Gasteiger partial charge on any atom is 0.0177 e. The van der Waals surface area contributed by atoms with Crippen molar-refractivity contribution in [2.75, 3.05) is 0 Å². The fraction of sp³-hybridized carbons (Fsp3) is 0.684. The lowest BCUT2D eigenvalue weighted by molar-refractivity contribution is 0.271. The summed E-state index contributed by atoms with van der Waals surface area (Å²) in [7, 11) is 0. The molecular weight excluding hydrogens is 308 g/mol. The molecule has 0 amide bonds. The summed E-state index contributed by atoms with van der Waals surface area (Å²) in [6, 6.07) is 9.32. The quantitative estimate of drug-likeness (QED) is 0.583. The van der Waals surface area contributed by atoms with Crippen molar-refractivity contribution in [3.63, 3.8) is 0 Å². The molecule has 1 fully saturated rings. The lowest BCUT2D eigenvalue weighted by Gasteiger charge is -2.33. The molecule has 1 aromatic rings. The van der Waals surface area contributed by atoms with Gasteiger partial charge in [-0.25, -0.2) is 0 Å². The Hall–Kier alpha value is -0.300. The second-order valence-electron chi connectivity index (χ2n) is 7.51. The molecule has 1 heteroatoms. The van der Waals surface area contributed by atoms with Gasteiger partial charge in [0.05, 0.1) is 0 Å². The minimum atomic E-state index is 0.259. The first-order chi connectivity index (χ1) is 9.40. The van der Waals surface area contributed by atoms with Crippen LogP contribution in [-0.2, 0) is 11.8 Å². The zero-order valence-electron chi connectivity index (χ0n) is 13.5. The van der Waals surface area contributed by atoms with Crippen LogP contribution in [0.4, 0.5) is 0 Å². The first-order valence-corrected chi connectivity index (χ1v) is 9.05. The summed E-state index contributed by atoms with van der Waals surface area (Å²) in [5.41, 5.74) is 3.20. The van der Waals surface area contributed by atoms with Gasteiger partial charge in [-0.3, -0.25) is 0 Å². The number of hydrogen-bond acceptors (Lipinski definition) is 0. The monoisotopic (exact) mass is 336 g/mol. The van der Waals surface area contributed by atoms with Crippen molar-refractivity contribution < 1.29 is 0 Å². The smallest absolute Gasteiger partial charge is 0.0177 e. The van der Waals surface area contributed by atoms with E-state index in [0.717, 1.165) is 11.8 Å². The van der Waals surface area contributed by atoms with Gasteiger partial charge in [0.25, 0.3) is 0 Å². The van der Waals surface area contributed by atoms with E-state index >= 15 is 0 Å². The summed E-state index contributed by atoms with van der Waals surface area (Å²) in [6.07, 6.45) is 6.73. The van der Waals surface area contributed by atoms with Crippen LogP contribution in [0.25, 0.3) is 0 Å².